The van der Waals surface area contributed by atoms with E-state index in [0.29, 0.717) is 0 Å². The van der Waals surface area contributed by atoms with Crippen LogP contribution in [0.4, 0.5) is 0 Å². The lowest BCUT2D eigenvalue weighted by molar-refractivity contribution is 1.16. The largest absolute Gasteiger partial charge is 0.0614 e. The molecule has 0 unspecified atom stereocenters. The summed E-state index contributed by atoms with van der Waals surface area (Å²) in [5.74, 6) is 0. The summed E-state index contributed by atoms with van der Waals surface area (Å²) in [5.41, 5.74) is 70.2. The van der Waals surface area contributed by atoms with Crippen LogP contribution in [0.25, 0.3) is 66.8 Å². The van der Waals surface area contributed by atoms with Gasteiger partial charge in [-0.3, -0.25) is 0 Å². The first kappa shape index (κ1) is 71.1. The van der Waals surface area contributed by atoms with E-state index in [1.807, 2.05) is 0 Å². The highest BCUT2D eigenvalue weighted by Gasteiger charge is 2.29. The normalized spacial score (nSPS) is 12.5. The van der Waals surface area contributed by atoms with Gasteiger partial charge in [-0.25, -0.2) is 0 Å². The molecule has 6 aliphatic carbocycles. The van der Waals surface area contributed by atoms with Crippen LogP contribution in [0.15, 0.2) is 146 Å². The first-order valence-electron chi connectivity index (χ1n) is 37.7. The van der Waals surface area contributed by atoms with Gasteiger partial charge >= 0.3 is 0 Å². The smallest absolute Gasteiger partial charge is 0.000799 e. The number of fused-ring (bicyclic) bond motifs is 18. The fraction of sp³-hybridized carbons (Fsp3) is 0.294. The summed E-state index contributed by atoms with van der Waals surface area (Å²) < 4.78 is 0. The molecule has 18 rings (SSSR count). The maximum Gasteiger partial charge on any atom is -0.000799 e. The second kappa shape index (κ2) is 27.8. The molecule has 12 aromatic carbocycles. The zero-order valence-electron chi connectivity index (χ0n) is 66.1. The lowest BCUT2D eigenvalue weighted by Crippen LogP contribution is -1.93. The van der Waals surface area contributed by atoms with Crippen molar-refractivity contribution in [3.8, 4) is 66.8 Å². The minimum absolute atomic E-state index is 1.11. The standard InChI is InChI=1S/6C17H18/c1-10-6-8-15-16(12(10)3)9-14-7-5-11(2)13(4)17(14)15;1-10-7-12(3)17-14(8-10)9-16-13(4)11(2)5-6-15(16)17;1-10-5-6-15-14(7-10)9-16-13(4)11(2)8-12(3)17(15)16;1-10-5-6-14-9-15-13(4)11(2)8-12(3)17(15)16(14)7-10;1-10-7-8-14-16(13(10)4)9-15-11(2)5-6-12(3)17(14)15;1-10-6-5-7-14-15(10)9-16-13(4)11(2)8-12(3)17(14)16/h6*5-8H,9H2,1-4H3. The quantitative estimate of drug-likeness (QED) is 0.142. The molecule has 516 valence electrons. The predicted octanol–water partition coefficient (Wildman–Crippen LogP) is 26.9. The Kier molecular flexibility index (Phi) is 19.3. The lowest BCUT2D eigenvalue weighted by Gasteiger charge is -2.11. The van der Waals surface area contributed by atoms with E-state index in [4.69, 9.17) is 0 Å². The van der Waals surface area contributed by atoms with E-state index in [-0.39, 0.29) is 0 Å². The minimum atomic E-state index is 1.11. The van der Waals surface area contributed by atoms with Crippen LogP contribution in [0.2, 0.25) is 0 Å². The van der Waals surface area contributed by atoms with Crippen molar-refractivity contribution in [2.45, 2.75) is 205 Å². The molecule has 0 aromatic heterocycles. The van der Waals surface area contributed by atoms with Crippen LogP contribution in [0.5, 0.6) is 0 Å². The van der Waals surface area contributed by atoms with Crippen molar-refractivity contribution in [3.05, 3.63) is 346 Å². The van der Waals surface area contributed by atoms with Crippen molar-refractivity contribution in [2.24, 2.45) is 0 Å². The summed E-state index contributed by atoms with van der Waals surface area (Å²) >= 11 is 0. The maximum atomic E-state index is 2.34. The third-order valence-corrected chi connectivity index (χ3v) is 25.0. The fourth-order valence-electron chi connectivity index (χ4n) is 18.2. The third kappa shape index (κ3) is 12.7. The zero-order valence-corrected chi connectivity index (χ0v) is 66.1. The number of aryl methyl sites for hydroxylation is 17. The van der Waals surface area contributed by atoms with Crippen LogP contribution in [0, 0.1) is 166 Å². The van der Waals surface area contributed by atoms with E-state index < -0.39 is 0 Å². The second-order valence-corrected chi connectivity index (χ2v) is 31.8. The van der Waals surface area contributed by atoms with Crippen LogP contribution >= 0.6 is 0 Å². The van der Waals surface area contributed by atoms with Gasteiger partial charge in [0.05, 0.1) is 0 Å². The number of rotatable bonds is 0. The molecule has 12 aromatic rings. The average molecular weight is 1330 g/mol. The van der Waals surface area contributed by atoms with Gasteiger partial charge in [0.1, 0.15) is 0 Å². The Morgan fingerprint density at radius 3 is 1.10 bits per heavy atom. The Morgan fingerprint density at radius 2 is 0.510 bits per heavy atom. The highest BCUT2D eigenvalue weighted by molar-refractivity contribution is 5.87. The molecular weight excluding hydrogens is 1230 g/mol. The number of hydrogen-bond donors (Lipinski definition) is 0. The SMILES string of the molecule is Cc1cc(C)c2c(c1)Cc1c-2ccc(C)c1C.Cc1cc(C)c2c(c1C)Cc1c(C)cccc1-2.Cc1ccc2c(c1)-c1c(C)cc(C)c(C)c1C2.Cc1ccc2c(c1)Cc1c(C)c(C)cc(C)c1-2.Cc1ccc2c(c1C)Cc1c(C)ccc(C)c1-2.Cc1ccc2c(c1C)Cc1ccc(C)c(C)c1-2. The molecule has 6 aliphatic rings. The molecule has 0 N–H and O–H groups in total. The van der Waals surface area contributed by atoms with E-state index in [2.05, 4.69) is 312 Å². The summed E-state index contributed by atoms with van der Waals surface area (Å²) in [6.45, 7) is 53.4. The van der Waals surface area contributed by atoms with Crippen molar-refractivity contribution in [1.29, 1.82) is 0 Å². The van der Waals surface area contributed by atoms with Crippen LogP contribution in [0.1, 0.15) is 200 Å². The van der Waals surface area contributed by atoms with Gasteiger partial charge in [-0.15, -0.1) is 0 Å². The zero-order chi connectivity index (χ0) is 72.9. The molecule has 0 heterocycles. The van der Waals surface area contributed by atoms with Gasteiger partial charge < -0.3 is 0 Å². The van der Waals surface area contributed by atoms with Crippen molar-refractivity contribution in [1.82, 2.24) is 0 Å². The first-order valence-corrected chi connectivity index (χ1v) is 37.7. The average Bonchev–Trinajstić information content (AvgIpc) is 1.65. The summed E-state index contributed by atoms with van der Waals surface area (Å²) in [5, 5.41) is 0. The third-order valence-electron chi connectivity index (χ3n) is 25.0. The summed E-state index contributed by atoms with van der Waals surface area (Å²) in [6.07, 6.45) is 6.68. The molecule has 102 heavy (non-hydrogen) atoms. The first-order chi connectivity index (χ1) is 48.5. The summed E-state index contributed by atoms with van der Waals surface area (Å²) in [4.78, 5) is 0. The molecule has 0 nitrogen and oxygen atoms in total. The molecule has 0 aliphatic heterocycles. The van der Waals surface area contributed by atoms with Crippen molar-refractivity contribution < 1.29 is 0 Å². The molecule has 0 saturated heterocycles. The molecule has 0 spiro atoms. The van der Waals surface area contributed by atoms with E-state index in [1.165, 1.54) is 250 Å². The molecule has 0 amide bonds. The molecular formula is C102H108. The van der Waals surface area contributed by atoms with Crippen molar-refractivity contribution in [3.63, 3.8) is 0 Å². The molecule has 0 radical (unpaired) electrons. The summed E-state index contributed by atoms with van der Waals surface area (Å²) in [7, 11) is 0. The molecule has 0 heteroatoms. The highest BCUT2D eigenvalue weighted by atomic mass is 14.3. The van der Waals surface area contributed by atoms with Crippen LogP contribution in [0.3, 0.4) is 0 Å². The van der Waals surface area contributed by atoms with Gasteiger partial charge in [-0.05, 0) is 455 Å². The topological polar surface area (TPSA) is 0 Å². The van der Waals surface area contributed by atoms with E-state index >= 15 is 0 Å². The second-order valence-electron chi connectivity index (χ2n) is 31.8. The lowest BCUT2D eigenvalue weighted by atomic mass is 9.93. The van der Waals surface area contributed by atoms with Gasteiger partial charge in [-0.1, -0.05) is 162 Å². The molecule has 0 atom stereocenters. The van der Waals surface area contributed by atoms with Crippen LogP contribution < -0.4 is 0 Å². The Morgan fingerprint density at radius 1 is 0.157 bits per heavy atom. The predicted molar refractivity (Wildman–Crippen MR) is 442 cm³/mol. The van der Waals surface area contributed by atoms with Crippen molar-refractivity contribution >= 4 is 0 Å². The minimum Gasteiger partial charge on any atom is -0.0614 e. The van der Waals surface area contributed by atoms with Gasteiger partial charge in [0.2, 0.25) is 0 Å². The molecule has 0 saturated carbocycles. The molecule has 0 bridgehead atoms. The Balaban J connectivity index is 0.000000109. The van der Waals surface area contributed by atoms with Gasteiger partial charge in [0.25, 0.3) is 0 Å². The summed E-state index contributed by atoms with van der Waals surface area (Å²) in [6, 6.07) is 54.7. The van der Waals surface area contributed by atoms with Crippen LogP contribution in [-0.2, 0) is 38.5 Å². The van der Waals surface area contributed by atoms with E-state index in [1.54, 1.807) is 16.7 Å². The van der Waals surface area contributed by atoms with Gasteiger partial charge in [0, 0.05) is 0 Å². The highest BCUT2D eigenvalue weighted by Crippen LogP contribution is 2.48. The molecule has 0 fully saturated rings. The maximum absolute atomic E-state index is 2.34. The van der Waals surface area contributed by atoms with Gasteiger partial charge in [-0.2, -0.15) is 0 Å². The van der Waals surface area contributed by atoms with Gasteiger partial charge in [0.15, 0.2) is 0 Å². The van der Waals surface area contributed by atoms with E-state index in [9.17, 15) is 0 Å². The number of benzene rings is 12. The monoisotopic (exact) mass is 1330 g/mol. The number of hydrogen-bond acceptors (Lipinski definition) is 0. The fourth-order valence-corrected chi connectivity index (χ4v) is 18.2. The Labute approximate surface area is 613 Å². The Hall–Kier alpha value is -9.36. The van der Waals surface area contributed by atoms with Crippen molar-refractivity contribution in [2.75, 3.05) is 0 Å². The van der Waals surface area contributed by atoms with E-state index in [0.717, 1.165) is 38.5 Å². The van der Waals surface area contributed by atoms with Crippen LogP contribution in [-0.4, -0.2) is 0 Å². The Bertz CT molecular complexity index is 5440.